The fourth-order valence-corrected chi connectivity index (χ4v) is 1.61. The van der Waals surface area contributed by atoms with Gasteiger partial charge in [0.15, 0.2) is 0 Å². The van der Waals surface area contributed by atoms with Crippen molar-refractivity contribution in [2.45, 2.75) is 27.2 Å². The molecule has 78 valence electrons. The number of rotatable bonds is 3. The summed E-state index contributed by atoms with van der Waals surface area (Å²) in [7, 11) is 0. The van der Waals surface area contributed by atoms with Gasteiger partial charge in [0.1, 0.15) is 5.82 Å². The third-order valence-corrected chi connectivity index (χ3v) is 3.82. The lowest BCUT2D eigenvalue weighted by atomic mass is 9.87. The van der Waals surface area contributed by atoms with Crippen molar-refractivity contribution in [3.05, 3.63) is 35.1 Å². The summed E-state index contributed by atoms with van der Waals surface area (Å²) in [5.41, 5.74) is 1.65. The molecule has 0 nitrogen and oxygen atoms in total. The van der Waals surface area contributed by atoms with Crippen molar-refractivity contribution in [3.63, 3.8) is 0 Å². The summed E-state index contributed by atoms with van der Waals surface area (Å²) in [6.45, 7) is 6.06. The highest BCUT2D eigenvalue weighted by atomic mass is 79.9. The second kappa shape index (κ2) is 4.43. The second-order valence-electron chi connectivity index (χ2n) is 4.52. The molecule has 0 aliphatic rings. The summed E-state index contributed by atoms with van der Waals surface area (Å²) < 4.78 is 13.7. The van der Waals surface area contributed by atoms with Crippen LogP contribution in [0.5, 0.6) is 0 Å². The third kappa shape index (κ3) is 2.81. The van der Waals surface area contributed by atoms with E-state index >= 15 is 0 Å². The first-order valence-corrected chi connectivity index (χ1v) is 5.88. The van der Waals surface area contributed by atoms with E-state index < -0.39 is 0 Å². The fourth-order valence-electron chi connectivity index (χ4n) is 1.41. The highest BCUT2D eigenvalue weighted by Crippen LogP contribution is 2.26. The quantitative estimate of drug-likeness (QED) is 0.717. The van der Waals surface area contributed by atoms with Gasteiger partial charge in [-0.05, 0) is 29.9 Å². The first-order chi connectivity index (χ1) is 6.46. The van der Waals surface area contributed by atoms with Gasteiger partial charge in [0.2, 0.25) is 0 Å². The Labute approximate surface area is 93.7 Å². The van der Waals surface area contributed by atoms with Crippen LogP contribution in [0.3, 0.4) is 0 Å². The average Bonchev–Trinajstić information content (AvgIpc) is 2.13. The number of hydrogen-bond acceptors (Lipinski definition) is 0. The first-order valence-electron chi connectivity index (χ1n) is 4.76. The van der Waals surface area contributed by atoms with Crippen molar-refractivity contribution in [2.24, 2.45) is 5.41 Å². The molecule has 0 saturated carbocycles. The minimum atomic E-state index is -0.0541. The second-order valence-corrected chi connectivity index (χ2v) is 5.08. The minimum Gasteiger partial charge on any atom is -0.206 e. The molecule has 0 spiro atoms. The standard InChI is InChI=1S/C12H16BrF/c1-9-5-4-6-10(11(9)14)7-12(2,3)8-13/h4-6H,7-8H2,1-3H3. The fraction of sp³-hybridized carbons (Fsp3) is 0.500. The molecule has 0 saturated heterocycles. The molecule has 2 heteroatoms. The highest BCUT2D eigenvalue weighted by Gasteiger charge is 2.19. The van der Waals surface area contributed by atoms with Crippen LogP contribution in [0.2, 0.25) is 0 Å². The summed E-state index contributed by atoms with van der Waals surface area (Å²) in [4.78, 5) is 0. The Balaban J connectivity index is 2.92. The minimum absolute atomic E-state index is 0.0541. The van der Waals surface area contributed by atoms with Crippen molar-refractivity contribution in [2.75, 3.05) is 5.33 Å². The zero-order valence-electron chi connectivity index (χ0n) is 8.90. The molecule has 0 unspecified atom stereocenters. The summed E-state index contributed by atoms with van der Waals surface area (Å²) in [5.74, 6) is -0.0541. The zero-order chi connectivity index (χ0) is 10.8. The van der Waals surface area contributed by atoms with E-state index in [-0.39, 0.29) is 11.2 Å². The van der Waals surface area contributed by atoms with Crippen LogP contribution in [-0.2, 0) is 6.42 Å². The van der Waals surface area contributed by atoms with Crippen LogP contribution in [0.1, 0.15) is 25.0 Å². The monoisotopic (exact) mass is 258 g/mol. The van der Waals surface area contributed by atoms with Crippen molar-refractivity contribution >= 4 is 15.9 Å². The number of benzene rings is 1. The molecule has 0 N–H and O–H groups in total. The Morgan fingerprint density at radius 2 is 2.00 bits per heavy atom. The van der Waals surface area contributed by atoms with E-state index in [0.29, 0.717) is 0 Å². The Morgan fingerprint density at radius 3 is 2.57 bits per heavy atom. The van der Waals surface area contributed by atoms with E-state index in [4.69, 9.17) is 0 Å². The van der Waals surface area contributed by atoms with Gasteiger partial charge in [0.05, 0.1) is 0 Å². The first kappa shape index (κ1) is 11.7. The van der Waals surface area contributed by atoms with Crippen molar-refractivity contribution in [1.29, 1.82) is 0 Å². The average molecular weight is 259 g/mol. The van der Waals surface area contributed by atoms with Crippen LogP contribution >= 0.6 is 15.9 Å². The molecule has 0 atom stereocenters. The van der Waals surface area contributed by atoms with Gasteiger partial charge in [-0.1, -0.05) is 48.0 Å². The molecule has 0 aromatic heterocycles. The van der Waals surface area contributed by atoms with E-state index in [9.17, 15) is 4.39 Å². The molecule has 0 heterocycles. The van der Waals surface area contributed by atoms with Crippen LogP contribution in [0.15, 0.2) is 18.2 Å². The maximum Gasteiger partial charge on any atom is 0.129 e. The lowest BCUT2D eigenvalue weighted by Gasteiger charge is -2.22. The number of halogens is 2. The topological polar surface area (TPSA) is 0 Å². The smallest absolute Gasteiger partial charge is 0.129 e. The van der Waals surface area contributed by atoms with Crippen LogP contribution in [0.4, 0.5) is 4.39 Å². The molecule has 14 heavy (non-hydrogen) atoms. The van der Waals surface area contributed by atoms with E-state index in [2.05, 4.69) is 29.8 Å². The summed E-state index contributed by atoms with van der Waals surface area (Å²) >= 11 is 3.45. The molecule has 1 aromatic rings. The summed E-state index contributed by atoms with van der Waals surface area (Å²) in [6.07, 6.45) is 0.770. The van der Waals surface area contributed by atoms with Gasteiger partial charge in [0.25, 0.3) is 0 Å². The zero-order valence-corrected chi connectivity index (χ0v) is 10.5. The molecule has 0 radical (unpaired) electrons. The molecule has 0 aliphatic heterocycles. The predicted octanol–water partition coefficient (Wildman–Crippen LogP) is 4.10. The maximum absolute atomic E-state index is 13.7. The van der Waals surface area contributed by atoms with E-state index in [1.165, 1.54) is 0 Å². The van der Waals surface area contributed by atoms with Gasteiger partial charge in [-0.15, -0.1) is 0 Å². The van der Waals surface area contributed by atoms with Crippen molar-refractivity contribution in [3.8, 4) is 0 Å². The molecule has 0 bridgehead atoms. The van der Waals surface area contributed by atoms with Gasteiger partial charge in [-0.3, -0.25) is 0 Å². The summed E-state index contributed by atoms with van der Waals surface area (Å²) in [6, 6.07) is 5.59. The van der Waals surface area contributed by atoms with Gasteiger partial charge >= 0.3 is 0 Å². The van der Waals surface area contributed by atoms with Gasteiger partial charge in [0, 0.05) is 5.33 Å². The lowest BCUT2D eigenvalue weighted by molar-refractivity contribution is 0.414. The Hall–Kier alpha value is -0.370. The van der Waals surface area contributed by atoms with Crippen LogP contribution < -0.4 is 0 Å². The van der Waals surface area contributed by atoms with Crippen LogP contribution in [-0.4, -0.2) is 5.33 Å². The number of aryl methyl sites for hydroxylation is 1. The molecule has 1 aromatic carbocycles. The third-order valence-electron chi connectivity index (χ3n) is 2.30. The summed E-state index contributed by atoms with van der Waals surface area (Å²) in [5, 5.41) is 0.882. The molecular weight excluding hydrogens is 243 g/mol. The van der Waals surface area contributed by atoms with E-state index in [1.807, 2.05) is 12.1 Å². The van der Waals surface area contributed by atoms with Crippen LogP contribution in [0, 0.1) is 18.2 Å². The van der Waals surface area contributed by atoms with Crippen LogP contribution in [0.25, 0.3) is 0 Å². The normalized spacial score (nSPS) is 11.8. The Morgan fingerprint density at radius 1 is 1.36 bits per heavy atom. The molecule has 0 amide bonds. The van der Waals surface area contributed by atoms with Crippen molar-refractivity contribution in [1.82, 2.24) is 0 Å². The van der Waals surface area contributed by atoms with Gasteiger partial charge in [-0.2, -0.15) is 0 Å². The largest absolute Gasteiger partial charge is 0.206 e. The Bertz CT molecular complexity index is 318. The van der Waals surface area contributed by atoms with E-state index in [0.717, 1.165) is 22.9 Å². The van der Waals surface area contributed by atoms with E-state index in [1.54, 1.807) is 13.0 Å². The number of alkyl halides is 1. The van der Waals surface area contributed by atoms with Crippen molar-refractivity contribution < 1.29 is 4.39 Å². The maximum atomic E-state index is 13.7. The predicted molar refractivity (Wildman–Crippen MR) is 62.4 cm³/mol. The molecule has 0 fully saturated rings. The lowest BCUT2D eigenvalue weighted by Crippen LogP contribution is -2.17. The highest BCUT2D eigenvalue weighted by molar-refractivity contribution is 9.09. The van der Waals surface area contributed by atoms with Gasteiger partial charge in [-0.25, -0.2) is 4.39 Å². The van der Waals surface area contributed by atoms with Gasteiger partial charge < -0.3 is 0 Å². The number of hydrogen-bond donors (Lipinski definition) is 0. The molecule has 0 aliphatic carbocycles. The molecular formula is C12H16BrF. The Kier molecular flexibility index (Phi) is 3.71. The SMILES string of the molecule is Cc1cccc(CC(C)(C)CBr)c1F. The molecule has 1 rings (SSSR count).